The molecule has 2 aromatic rings. The molecule has 0 saturated heterocycles. The van der Waals surface area contributed by atoms with Gasteiger partial charge in [-0.1, -0.05) is 36.9 Å². The van der Waals surface area contributed by atoms with Gasteiger partial charge in [-0.05, 0) is 17.7 Å². The molecule has 0 atom stereocenters. The molecule has 0 fully saturated rings. The Morgan fingerprint density at radius 3 is 2.61 bits per heavy atom. The van der Waals surface area contributed by atoms with Gasteiger partial charge in [0.05, 0.1) is 6.54 Å². The van der Waals surface area contributed by atoms with E-state index in [2.05, 4.69) is 24.0 Å². The van der Waals surface area contributed by atoms with Crippen LogP contribution in [0.3, 0.4) is 0 Å². The number of benzene rings is 2. The third kappa shape index (κ3) is 4.40. The summed E-state index contributed by atoms with van der Waals surface area (Å²) in [5.74, 6) is 0. The van der Waals surface area contributed by atoms with E-state index in [1.807, 2.05) is 42.6 Å². The fourth-order valence-corrected chi connectivity index (χ4v) is 1.63. The molecule has 0 spiro atoms. The fourth-order valence-electron chi connectivity index (χ4n) is 1.51. The molecule has 0 aliphatic carbocycles. The molecule has 0 N–H and O–H groups in total. The summed E-state index contributed by atoms with van der Waals surface area (Å²) in [6.07, 6.45) is 1.87. The van der Waals surface area contributed by atoms with Crippen LogP contribution in [-0.4, -0.2) is 6.21 Å². The van der Waals surface area contributed by atoms with Crippen LogP contribution in [0.25, 0.3) is 0 Å². The Kier molecular flexibility index (Phi) is 6.32. The van der Waals surface area contributed by atoms with Gasteiger partial charge in [0.1, 0.15) is 0 Å². The van der Waals surface area contributed by atoms with Gasteiger partial charge in [0.25, 0.3) is 0 Å². The van der Waals surface area contributed by atoms with Crippen LogP contribution in [0.4, 0.5) is 0 Å². The first-order chi connectivity index (χ1) is 8.25. The molecule has 0 heterocycles. The fraction of sp³-hybridized carbons (Fsp3) is 0.133. The first kappa shape index (κ1) is 15.1. The Labute approximate surface area is 127 Å². The van der Waals surface area contributed by atoms with Crippen LogP contribution in [-0.2, 0) is 27.6 Å². The SMILES string of the molecule is Cc1ccc[c-]c1C=NCc1ccc(Cl)cc1.[Pt]. The number of hydrogen-bond acceptors (Lipinski definition) is 1. The van der Waals surface area contributed by atoms with Crippen LogP contribution in [0.15, 0.2) is 47.5 Å². The third-order valence-electron chi connectivity index (χ3n) is 2.51. The summed E-state index contributed by atoms with van der Waals surface area (Å²) in [7, 11) is 0. The van der Waals surface area contributed by atoms with E-state index in [4.69, 9.17) is 11.6 Å². The van der Waals surface area contributed by atoms with E-state index in [9.17, 15) is 0 Å². The summed E-state index contributed by atoms with van der Waals surface area (Å²) in [5.41, 5.74) is 3.38. The maximum Gasteiger partial charge on any atom is 0.0532 e. The van der Waals surface area contributed by atoms with Crippen molar-refractivity contribution in [3.63, 3.8) is 0 Å². The van der Waals surface area contributed by atoms with E-state index in [1.54, 1.807) is 0 Å². The van der Waals surface area contributed by atoms with Gasteiger partial charge in [-0.25, -0.2) is 0 Å². The van der Waals surface area contributed by atoms with Crippen LogP contribution in [0.5, 0.6) is 0 Å². The predicted octanol–water partition coefficient (Wildman–Crippen LogP) is 4.07. The van der Waals surface area contributed by atoms with Crippen molar-refractivity contribution in [2.45, 2.75) is 13.5 Å². The Hall–Kier alpha value is -0.912. The Balaban J connectivity index is 0.00000162. The molecule has 96 valence electrons. The molecular formula is C15H13ClNPt-. The molecule has 0 unspecified atom stereocenters. The Bertz CT molecular complexity index is 520. The van der Waals surface area contributed by atoms with Gasteiger partial charge in [0.2, 0.25) is 0 Å². The minimum Gasteiger partial charge on any atom is -0.336 e. The van der Waals surface area contributed by atoms with E-state index in [0.717, 1.165) is 16.1 Å². The zero-order valence-electron chi connectivity index (χ0n) is 9.97. The average molecular weight is 438 g/mol. The van der Waals surface area contributed by atoms with Crippen LogP contribution in [0.1, 0.15) is 16.7 Å². The standard InChI is InChI=1S/C15H13ClN.Pt/c1-12-4-2-3-5-14(12)11-17-10-13-6-8-15(16)9-7-13;/h2-4,6-9,11H,10H2,1H3;/q-1;. The smallest absolute Gasteiger partial charge is 0.0532 e. The molecule has 0 aliphatic heterocycles. The van der Waals surface area contributed by atoms with Crippen LogP contribution in [0.2, 0.25) is 5.02 Å². The normalized spacial score (nSPS) is 10.3. The second kappa shape index (κ2) is 7.51. The van der Waals surface area contributed by atoms with Gasteiger partial charge < -0.3 is 4.99 Å². The first-order valence-corrected chi connectivity index (χ1v) is 5.85. The summed E-state index contributed by atoms with van der Waals surface area (Å²) in [5, 5.41) is 0.755. The molecule has 0 saturated carbocycles. The van der Waals surface area contributed by atoms with E-state index in [-0.39, 0.29) is 21.1 Å². The molecule has 2 rings (SSSR count). The van der Waals surface area contributed by atoms with E-state index in [0.29, 0.717) is 6.54 Å². The second-order valence-electron chi connectivity index (χ2n) is 3.86. The van der Waals surface area contributed by atoms with Gasteiger partial charge in [0.15, 0.2) is 0 Å². The Morgan fingerprint density at radius 1 is 1.22 bits per heavy atom. The number of hydrogen-bond donors (Lipinski definition) is 0. The van der Waals surface area contributed by atoms with Crippen molar-refractivity contribution in [3.05, 3.63) is 70.2 Å². The third-order valence-corrected chi connectivity index (χ3v) is 2.77. The number of halogens is 1. The van der Waals surface area contributed by atoms with Crippen LogP contribution >= 0.6 is 11.6 Å². The van der Waals surface area contributed by atoms with Crippen molar-refractivity contribution >= 4 is 17.8 Å². The number of nitrogens with zero attached hydrogens (tertiary/aromatic N) is 1. The van der Waals surface area contributed by atoms with Crippen LogP contribution < -0.4 is 0 Å². The Morgan fingerprint density at radius 2 is 1.94 bits per heavy atom. The quantitative estimate of drug-likeness (QED) is 0.507. The van der Waals surface area contributed by atoms with Gasteiger partial charge in [0, 0.05) is 26.1 Å². The zero-order chi connectivity index (χ0) is 12.1. The number of rotatable bonds is 3. The van der Waals surface area contributed by atoms with Gasteiger partial charge in [-0.3, -0.25) is 0 Å². The maximum absolute atomic E-state index is 5.82. The minimum atomic E-state index is 0. The van der Waals surface area contributed by atoms with Crippen molar-refractivity contribution in [3.8, 4) is 0 Å². The van der Waals surface area contributed by atoms with Gasteiger partial charge >= 0.3 is 0 Å². The van der Waals surface area contributed by atoms with E-state index >= 15 is 0 Å². The summed E-state index contributed by atoms with van der Waals surface area (Å²) < 4.78 is 0. The first-order valence-electron chi connectivity index (χ1n) is 5.47. The largest absolute Gasteiger partial charge is 0.336 e. The van der Waals surface area contributed by atoms with Crippen molar-refractivity contribution in [1.82, 2.24) is 0 Å². The number of aliphatic imine (C=N–C) groups is 1. The summed E-state index contributed by atoms with van der Waals surface area (Å²) in [6, 6.07) is 16.8. The molecule has 0 aromatic heterocycles. The average Bonchev–Trinajstić information content (AvgIpc) is 2.34. The van der Waals surface area contributed by atoms with E-state index < -0.39 is 0 Å². The predicted molar refractivity (Wildman–Crippen MR) is 72.8 cm³/mol. The topological polar surface area (TPSA) is 12.4 Å². The molecule has 0 radical (unpaired) electrons. The summed E-state index contributed by atoms with van der Waals surface area (Å²) in [6.45, 7) is 2.72. The molecular weight excluding hydrogens is 425 g/mol. The van der Waals surface area contributed by atoms with Crippen molar-refractivity contribution < 1.29 is 21.1 Å². The number of aryl methyl sites for hydroxylation is 1. The summed E-state index contributed by atoms with van der Waals surface area (Å²) >= 11 is 5.82. The minimum absolute atomic E-state index is 0. The monoisotopic (exact) mass is 437 g/mol. The van der Waals surface area contributed by atoms with Crippen molar-refractivity contribution in [1.29, 1.82) is 0 Å². The molecule has 18 heavy (non-hydrogen) atoms. The van der Waals surface area contributed by atoms with Gasteiger partial charge in [-0.2, -0.15) is 0 Å². The van der Waals surface area contributed by atoms with Crippen molar-refractivity contribution in [2.24, 2.45) is 4.99 Å². The van der Waals surface area contributed by atoms with Gasteiger partial charge in [-0.15, -0.1) is 35.4 Å². The molecule has 0 amide bonds. The second-order valence-corrected chi connectivity index (χ2v) is 4.30. The zero-order valence-corrected chi connectivity index (χ0v) is 13.0. The molecule has 0 bridgehead atoms. The maximum atomic E-state index is 5.82. The summed E-state index contributed by atoms with van der Waals surface area (Å²) in [4.78, 5) is 4.40. The molecule has 1 nitrogen and oxygen atoms in total. The molecule has 2 aromatic carbocycles. The molecule has 0 aliphatic rings. The van der Waals surface area contributed by atoms with Crippen LogP contribution in [0, 0.1) is 13.0 Å². The van der Waals surface area contributed by atoms with E-state index in [1.165, 1.54) is 5.56 Å². The molecule has 3 heteroatoms. The van der Waals surface area contributed by atoms with Crippen molar-refractivity contribution in [2.75, 3.05) is 0 Å².